The molecule has 0 amide bonds. The van der Waals surface area contributed by atoms with Gasteiger partial charge < -0.3 is 9.47 Å². The molecule has 0 spiro atoms. The van der Waals surface area contributed by atoms with E-state index in [1.165, 1.54) is 4.31 Å². The summed E-state index contributed by atoms with van der Waals surface area (Å²) in [5.74, 6) is -0.129. The van der Waals surface area contributed by atoms with E-state index in [0.717, 1.165) is 42.6 Å². The van der Waals surface area contributed by atoms with Crippen molar-refractivity contribution >= 4 is 10.0 Å². The number of nitrogens with zero attached hydrogens (tertiary/aromatic N) is 2. The van der Waals surface area contributed by atoms with Crippen LogP contribution in [0.1, 0.15) is 24.8 Å². The molecule has 6 nitrogen and oxygen atoms in total. The molecule has 2 saturated heterocycles. The Labute approximate surface area is 184 Å². The number of hydrogen-bond acceptors (Lipinski definition) is 5. The highest BCUT2D eigenvalue weighted by Crippen LogP contribution is 2.26. The van der Waals surface area contributed by atoms with Crippen LogP contribution in [0.3, 0.4) is 0 Å². The maximum absolute atomic E-state index is 12.8. The van der Waals surface area contributed by atoms with Crippen LogP contribution in [0.25, 0.3) is 11.1 Å². The number of rotatable bonds is 6. The molecule has 0 bridgehead atoms. The van der Waals surface area contributed by atoms with E-state index in [9.17, 15) is 13.7 Å². The minimum atomic E-state index is -3.48. The van der Waals surface area contributed by atoms with Crippen LogP contribution in [0.2, 0.25) is 0 Å². The van der Waals surface area contributed by atoms with Crippen molar-refractivity contribution in [2.45, 2.75) is 36.7 Å². The van der Waals surface area contributed by atoms with Gasteiger partial charge in [-0.15, -0.1) is 0 Å². The van der Waals surface area contributed by atoms with Gasteiger partial charge in [-0.25, -0.2) is 8.42 Å². The van der Waals surface area contributed by atoms with E-state index in [-0.39, 0.29) is 12.0 Å². The van der Waals surface area contributed by atoms with E-state index in [4.69, 9.17) is 9.47 Å². The van der Waals surface area contributed by atoms with Gasteiger partial charge in [0.1, 0.15) is 0 Å². The van der Waals surface area contributed by atoms with Crippen molar-refractivity contribution in [1.29, 1.82) is 5.26 Å². The lowest BCUT2D eigenvalue weighted by molar-refractivity contribution is -0.00701. The molecular weight excluding hydrogens is 412 g/mol. The van der Waals surface area contributed by atoms with Crippen LogP contribution < -0.4 is 0 Å². The van der Waals surface area contributed by atoms with Crippen molar-refractivity contribution in [1.82, 2.24) is 4.31 Å². The van der Waals surface area contributed by atoms with Gasteiger partial charge in [-0.2, -0.15) is 9.57 Å². The molecule has 2 aromatic rings. The van der Waals surface area contributed by atoms with Crippen molar-refractivity contribution in [3.8, 4) is 17.2 Å². The van der Waals surface area contributed by atoms with E-state index in [1.54, 1.807) is 12.1 Å². The molecule has 0 radical (unpaired) electrons. The van der Waals surface area contributed by atoms with Gasteiger partial charge in [-0.1, -0.05) is 36.4 Å². The van der Waals surface area contributed by atoms with E-state index in [0.29, 0.717) is 37.6 Å². The molecule has 0 N–H and O–H groups in total. The third-order valence-corrected chi connectivity index (χ3v) is 7.95. The molecule has 4 rings (SSSR count). The average Bonchev–Trinajstić information content (AvgIpc) is 2.84. The molecule has 2 atom stereocenters. The zero-order chi connectivity index (χ0) is 21.7. The van der Waals surface area contributed by atoms with Gasteiger partial charge in [0.2, 0.25) is 10.0 Å². The van der Waals surface area contributed by atoms with Crippen LogP contribution in [0, 0.1) is 17.2 Å². The van der Waals surface area contributed by atoms with Crippen LogP contribution in [-0.4, -0.2) is 51.7 Å². The monoisotopic (exact) mass is 440 g/mol. The van der Waals surface area contributed by atoms with Crippen LogP contribution in [0.15, 0.2) is 53.4 Å². The van der Waals surface area contributed by atoms with Crippen LogP contribution in [0.5, 0.6) is 0 Å². The summed E-state index contributed by atoms with van der Waals surface area (Å²) in [4.78, 5) is 0.305. The second-order valence-electron chi connectivity index (χ2n) is 8.08. The Bertz CT molecular complexity index is 1000. The zero-order valence-electron chi connectivity index (χ0n) is 17.6. The number of ether oxygens (including phenoxy) is 2. The average molecular weight is 441 g/mol. The Morgan fingerprint density at radius 3 is 2.19 bits per heavy atom. The van der Waals surface area contributed by atoms with Crippen molar-refractivity contribution < 1.29 is 17.9 Å². The molecule has 0 aromatic heterocycles. The lowest BCUT2D eigenvalue weighted by Crippen LogP contribution is -2.40. The topological polar surface area (TPSA) is 79.6 Å². The van der Waals surface area contributed by atoms with Crippen LogP contribution in [-0.2, 0) is 25.9 Å². The van der Waals surface area contributed by atoms with Gasteiger partial charge in [-0.05, 0) is 54.5 Å². The lowest BCUT2D eigenvalue weighted by Gasteiger charge is -2.26. The second-order valence-corrected chi connectivity index (χ2v) is 10.0. The van der Waals surface area contributed by atoms with E-state index in [2.05, 4.69) is 6.07 Å². The highest BCUT2D eigenvalue weighted by Gasteiger charge is 2.26. The molecule has 2 heterocycles. The Hall–Kier alpha value is -2.24. The highest BCUT2D eigenvalue weighted by atomic mass is 32.2. The zero-order valence-corrected chi connectivity index (χ0v) is 18.4. The molecule has 2 unspecified atom stereocenters. The molecule has 2 aromatic carbocycles. The molecule has 31 heavy (non-hydrogen) atoms. The predicted molar refractivity (Wildman–Crippen MR) is 118 cm³/mol. The third-order valence-electron chi connectivity index (χ3n) is 6.03. The van der Waals surface area contributed by atoms with Crippen molar-refractivity contribution in [3.05, 3.63) is 54.1 Å². The highest BCUT2D eigenvalue weighted by molar-refractivity contribution is 7.89. The van der Waals surface area contributed by atoms with Crippen molar-refractivity contribution in [3.63, 3.8) is 0 Å². The van der Waals surface area contributed by atoms with Crippen molar-refractivity contribution in [2.75, 3.05) is 32.9 Å². The van der Waals surface area contributed by atoms with Crippen molar-refractivity contribution in [2.24, 2.45) is 5.92 Å². The van der Waals surface area contributed by atoms with Gasteiger partial charge in [0.25, 0.3) is 0 Å². The van der Waals surface area contributed by atoms with E-state index in [1.807, 2.05) is 36.4 Å². The largest absolute Gasteiger partial charge is 0.379 e. The summed E-state index contributed by atoms with van der Waals surface area (Å²) >= 11 is 0. The number of benzene rings is 2. The second kappa shape index (κ2) is 9.92. The molecule has 0 aliphatic carbocycles. The summed E-state index contributed by atoms with van der Waals surface area (Å²) in [7, 11) is -3.48. The minimum Gasteiger partial charge on any atom is -0.379 e. The summed E-state index contributed by atoms with van der Waals surface area (Å²) in [6.07, 6.45) is 3.86. The fourth-order valence-corrected chi connectivity index (χ4v) is 5.59. The fourth-order valence-electron chi connectivity index (χ4n) is 4.19. The Morgan fingerprint density at radius 1 is 0.968 bits per heavy atom. The summed E-state index contributed by atoms with van der Waals surface area (Å²) in [5, 5.41) is 9.57. The normalized spacial score (nSPS) is 21.3. The first-order valence-electron chi connectivity index (χ1n) is 10.9. The first kappa shape index (κ1) is 22.0. The molecule has 2 aliphatic rings. The quantitative estimate of drug-likeness (QED) is 0.685. The number of morpholine rings is 1. The fraction of sp³-hybridized carbons (Fsp3) is 0.458. The van der Waals surface area contributed by atoms with E-state index < -0.39 is 10.0 Å². The molecule has 164 valence electrons. The molecule has 0 saturated carbocycles. The maximum atomic E-state index is 12.8. The first-order valence-corrected chi connectivity index (χ1v) is 12.3. The molecule has 2 fully saturated rings. The predicted octanol–water partition coefficient (Wildman–Crippen LogP) is 3.63. The van der Waals surface area contributed by atoms with Gasteiger partial charge in [-0.3, -0.25) is 0 Å². The van der Waals surface area contributed by atoms with Gasteiger partial charge >= 0.3 is 0 Å². The van der Waals surface area contributed by atoms with Crippen LogP contribution in [0.4, 0.5) is 0 Å². The first-order chi connectivity index (χ1) is 15.1. The lowest BCUT2D eigenvalue weighted by atomic mass is 9.90. The standard InChI is InChI=1S/C24H28N2O4S/c25-18-22(24-3-1-2-14-30-24)17-19-4-6-20(7-5-19)21-8-10-23(11-9-21)31(27,28)26-12-15-29-16-13-26/h4-11,22,24H,1-3,12-17H2. The summed E-state index contributed by atoms with van der Waals surface area (Å²) in [5.41, 5.74) is 3.08. The van der Waals surface area contributed by atoms with Gasteiger partial charge in [0.15, 0.2) is 0 Å². The number of nitriles is 1. The minimum absolute atomic E-state index is 0.0272. The van der Waals surface area contributed by atoms with Gasteiger partial charge in [0.05, 0.1) is 36.2 Å². The Kier molecular flexibility index (Phi) is 7.03. The van der Waals surface area contributed by atoms with Crippen LogP contribution >= 0.6 is 0 Å². The number of hydrogen-bond donors (Lipinski definition) is 0. The maximum Gasteiger partial charge on any atom is 0.243 e. The Morgan fingerprint density at radius 2 is 1.61 bits per heavy atom. The summed E-state index contributed by atoms with van der Waals surface area (Å²) in [6, 6.07) is 17.6. The number of sulfonamides is 1. The molecule has 2 aliphatic heterocycles. The third kappa shape index (κ3) is 5.16. The summed E-state index contributed by atoms with van der Waals surface area (Å²) in [6.45, 7) is 2.40. The molecule has 7 heteroatoms. The SMILES string of the molecule is N#CC(Cc1ccc(-c2ccc(S(=O)(=O)N3CCOCC3)cc2)cc1)C1CCCCO1. The van der Waals surface area contributed by atoms with Gasteiger partial charge in [0, 0.05) is 19.7 Å². The Balaban J connectivity index is 1.43. The summed E-state index contributed by atoms with van der Waals surface area (Å²) < 4.78 is 38.1. The molecular formula is C24H28N2O4S. The van der Waals surface area contributed by atoms with E-state index >= 15 is 0 Å². The smallest absolute Gasteiger partial charge is 0.243 e.